The third kappa shape index (κ3) is 4.44. The Hall–Kier alpha value is -6.58. The van der Waals surface area contributed by atoms with Gasteiger partial charge in [-0.1, -0.05) is 109 Å². The van der Waals surface area contributed by atoms with Crippen molar-refractivity contribution in [2.45, 2.75) is 0 Å². The quantitative estimate of drug-likeness (QED) is 0.184. The maximum Gasteiger partial charge on any atom is 0.143 e. The summed E-state index contributed by atoms with van der Waals surface area (Å²) in [6.07, 6.45) is 0. The lowest BCUT2D eigenvalue weighted by Crippen LogP contribution is -2.10. The predicted molar refractivity (Wildman–Crippen MR) is 206 cm³/mol. The first kappa shape index (κ1) is 11.0. The van der Waals surface area contributed by atoms with Crippen molar-refractivity contribution in [2.24, 2.45) is 0 Å². The standard InChI is InChI=1S/C46H30N2O/c1-2-10-31(11-3-1)32-18-21-34(22-19-32)47(37-27-29-41-42-28-20-33-12-4-5-13-38(33)46(42)49-45(41)30-37)35-23-25-36(26-24-35)48-43-16-8-6-14-39(43)40-15-7-9-17-44(40)48/h1-30H/i1D,2D,3D,4D,5D,6D,7D,8D,9D,10D,11D,12D,13D,14D,15D,16D,17D,18D,19D,20D,21D,22D,23D,24D,25D,26D,27D,28D,29D,30D. The fourth-order valence-corrected chi connectivity index (χ4v) is 5.43. The number of fused-ring (bicyclic) bond motifs is 8. The normalized spacial score (nSPS) is 20.2. The summed E-state index contributed by atoms with van der Waals surface area (Å²) in [5.41, 5.74) is -8.65. The molecule has 0 aliphatic heterocycles. The van der Waals surface area contributed by atoms with Gasteiger partial charge in [0.25, 0.3) is 0 Å². The van der Waals surface area contributed by atoms with Gasteiger partial charge in [-0.25, -0.2) is 0 Å². The van der Waals surface area contributed by atoms with Crippen LogP contribution in [0.2, 0.25) is 0 Å². The maximum atomic E-state index is 9.75. The van der Waals surface area contributed by atoms with E-state index in [0.717, 1.165) is 0 Å². The smallest absolute Gasteiger partial charge is 0.143 e. The van der Waals surface area contributed by atoms with Gasteiger partial charge in [0, 0.05) is 55.7 Å². The van der Waals surface area contributed by atoms with Crippen molar-refractivity contribution in [2.75, 3.05) is 4.90 Å². The van der Waals surface area contributed by atoms with E-state index in [9.17, 15) is 15.1 Å². The van der Waals surface area contributed by atoms with Crippen LogP contribution in [0, 0.1) is 0 Å². The summed E-state index contributed by atoms with van der Waals surface area (Å²) in [7, 11) is 0. The van der Waals surface area contributed by atoms with Crippen LogP contribution in [0.15, 0.2) is 186 Å². The molecule has 0 radical (unpaired) electrons. The first-order valence-electron chi connectivity index (χ1n) is 29.2. The molecule has 0 unspecified atom stereocenters. The third-order valence-corrected chi connectivity index (χ3v) is 7.56. The number of para-hydroxylation sites is 2. The molecule has 10 aromatic rings. The average molecular weight is 657 g/mol. The van der Waals surface area contributed by atoms with E-state index in [-0.39, 0.29) is 0 Å². The molecule has 230 valence electrons. The molecule has 0 bridgehead atoms. The van der Waals surface area contributed by atoms with Gasteiger partial charge in [-0.15, -0.1) is 0 Å². The zero-order chi connectivity index (χ0) is 58.4. The molecule has 0 spiro atoms. The predicted octanol–water partition coefficient (Wildman–Crippen LogP) is 13.0. The van der Waals surface area contributed by atoms with Crippen LogP contribution in [0.3, 0.4) is 0 Å². The Morgan fingerprint density at radius 1 is 0.429 bits per heavy atom. The number of rotatable bonds is 5. The van der Waals surface area contributed by atoms with Gasteiger partial charge in [-0.3, -0.25) is 0 Å². The van der Waals surface area contributed by atoms with E-state index in [1.165, 1.54) is 0 Å². The summed E-state index contributed by atoms with van der Waals surface area (Å²) in [6.45, 7) is 0. The summed E-state index contributed by atoms with van der Waals surface area (Å²) in [4.78, 5) is 0.359. The van der Waals surface area contributed by atoms with Gasteiger partial charge in [0.15, 0.2) is 0 Å². The number of hydrogen-bond donors (Lipinski definition) is 0. The highest BCUT2D eigenvalue weighted by Gasteiger charge is 2.18. The SMILES string of the molecule is [2H]c1c([2H])c([2H])c(-c2c([2H])c([2H])c(N(c3c([2H])c([2H])c(-n4c5c([2H])c([2H])c([2H])c([2H])c5c5c([2H])c([2H])c([2H])c([2H])c54)c([2H])c3[2H])c3c([2H])c([2H])c4c(oc5c6c([2H])c([2H])c([2H])c([2H])c6c([2H])c([2H])c54)c3[2H])c([2H])c2[2H])c([2H])c1[2H]. The van der Waals surface area contributed by atoms with Crippen LogP contribution in [0.5, 0.6) is 0 Å². The number of furan rings is 1. The average Bonchev–Trinajstić information content (AvgIpc) is 4.25. The van der Waals surface area contributed by atoms with E-state index < -0.39 is 270 Å². The highest BCUT2D eigenvalue weighted by Crippen LogP contribution is 2.41. The van der Waals surface area contributed by atoms with Crippen molar-refractivity contribution in [1.82, 2.24) is 4.57 Å². The lowest BCUT2D eigenvalue weighted by molar-refractivity contribution is 0.672. The summed E-state index contributed by atoms with van der Waals surface area (Å²) < 4.78 is 275. The highest BCUT2D eigenvalue weighted by atomic mass is 16.3. The number of benzene rings is 8. The largest absolute Gasteiger partial charge is 0.455 e. The molecule has 49 heavy (non-hydrogen) atoms. The van der Waals surface area contributed by atoms with Crippen molar-refractivity contribution in [3.8, 4) is 16.8 Å². The second-order valence-electron chi connectivity index (χ2n) is 10.3. The molecular formula is C46H30N2O. The molecule has 0 aliphatic carbocycles. The van der Waals surface area contributed by atoms with Gasteiger partial charge < -0.3 is 13.9 Å². The molecule has 10 rings (SSSR count). The Kier molecular flexibility index (Phi) is 2.47. The fraction of sp³-hybridized carbons (Fsp3) is 0. The van der Waals surface area contributed by atoms with Crippen LogP contribution in [-0.4, -0.2) is 4.57 Å². The van der Waals surface area contributed by atoms with Crippen molar-refractivity contribution in [3.05, 3.63) is 181 Å². The Morgan fingerprint density at radius 3 is 1.69 bits per heavy atom. The monoisotopic (exact) mass is 656 g/mol. The second kappa shape index (κ2) is 11.0. The molecule has 0 fully saturated rings. The molecule has 0 aliphatic rings. The molecule has 3 heteroatoms. The Morgan fingerprint density at radius 2 is 0.980 bits per heavy atom. The molecule has 0 N–H and O–H groups in total. The number of anilines is 3. The maximum absolute atomic E-state index is 9.75. The van der Waals surface area contributed by atoms with Crippen LogP contribution >= 0.6 is 0 Å². The first-order chi connectivity index (χ1) is 36.8. The van der Waals surface area contributed by atoms with E-state index in [1.54, 1.807) is 0 Å². The zero-order valence-corrected chi connectivity index (χ0v) is 24.3. The molecule has 0 atom stereocenters. The van der Waals surface area contributed by atoms with Gasteiger partial charge in [0.2, 0.25) is 0 Å². The second-order valence-corrected chi connectivity index (χ2v) is 10.3. The minimum atomic E-state index is -1.27. The highest BCUT2D eigenvalue weighted by molar-refractivity contribution is 6.15. The Balaban J connectivity index is 1.41. The molecule has 2 heterocycles. The van der Waals surface area contributed by atoms with E-state index in [4.69, 9.17) is 30.5 Å². The van der Waals surface area contributed by atoms with Crippen LogP contribution in [-0.2, 0) is 0 Å². The van der Waals surface area contributed by atoms with Gasteiger partial charge in [0.1, 0.15) is 11.2 Å². The van der Waals surface area contributed by atoms with E-state index in [0.29, 0.717) is 9.47 Å². The molecular weight excluding hydrogens is 597 g/mol. The van der Waals surface area contributed by atoms with Gasteiger partial charge in [-0.2, -0.15) is 0 Å². The van der Waals surface area contributed by atoms with Crippen LogP contribution in [0.1, 0.15) is 41.1 Å². The topological polar surface area (TPSA) is 21.3 Å². The zero-order valence-electron chi connectivity index (χ0n) is 54.3. The Labute approximate surface area is 325 Å². The minimum absolute atomic E-state index is 0.359. The van der Waals surface area contributed by atoms with Gasteiger partial charge in [0.05, 0.1) is 52.2 Å². The van der Waals surface area contributed by atoms with E-state index in [2.05, 4.69) is 0 Å². The summed E-state index contributed by atoms with van der Waals surface area (Å²) in [6, 6.07) is -29.4. The molecule has 2 aromatic heterocycles. The lowest BCUT2D eigenvalue weighted by Gasteiger charge is -2.26. The van der Waals surface area contributed by atoms with Crippen molar-refractivity contribution in [1.29, 1.82) is 0 Å². The molecule has 0 saturated heterocycles. The molecule has 8 aromatic carbocycles. The van der Waals surface area contributed by atoms with Crippen LogP contribution in [0.4, 0.5) is 17.1 Å². The first-order valence-corrected chi connectivity index (χ1v) is 14.2. The summed E-state index contributed by atoms with van der Waals surface area (Å²) >= 11 is 0. The van der Waals surface area contributed by atoms with E-state index >= 15 is 0 Å². The fourth-order valence-electron chi connectivity index (χ4n) is 5.43. The van der Waals surface area contributed by atoms with Crippen LogP contribution in [0.25, 0.3) is 71.3 Å². The Bertz CT molecular complexity index is 4400. The lowest BCUT2D eigenvalue weighted by atomic mass is 10.0. The van der Waals surface area contributed by atoms with E-state index in [1.807, 2.05) is 0 Å². The van der Waals surface area contributed by atoms with Crippen molar-refractivity contribution in [3.63, 3.8) is 0 Å². The number of aromatic nitrogens is 1. The van der Waals surface area contributed by atoms with Crippen molar-refractivity contribution < 1.29 is 45.5 Å². The van der Waals surface area contributed by atoms with Crippen molar-refractivity contribution >= 4 is 71.6 Å². The summed E-state index contributed by atoms with van der Waals surface area (Å²) in [5, 5.41) is -3.10. The molecule has 0 amide bonds. The number of nitrogens with zero attached hydrogens (tertiary/aromatic N) is 2. The molecule has 0 saturated carbocycles. The van der Waals surface area contributed by atoms with Gasteiger partial charge in [-0.05, 0) is 83.0 Å². The summed E-state index contributed by atoms with van der Waals surface area (Å²) in [5.74, 6) is 0. The minimum Gasteiger partial charge on any atom is -0.455 e. The number of hydrogen-bond acceptors (Lipinski definition) is 2. The molecule has 3 nitrogen and oxygen atoms in total. The third-order valence-electron chi connectivity index (χ3n) is 7.56. The van der Waals surface area contributed by atoms with Gasteiger partial charge >= 0.3 is 0 Å². The van der Waals surface area contributed by atoms with Crippen LogP contribution < -0.4 is 4.90 Å².